The third-order valence-corrected chi connectivity index (χ3v) is 24.1. The van der Waals surface area contributed by atoms with Crippen LogP contribution < -0.4 is 0 Å². The van der Waals surface area contributed by atoms with Crippen molar-refractivity contribution < 1.29 is 9.59 Å². The first-order valence-electron chi connectivity index (χ1n) is 33.3. The molecule has 4 aliphatic heterocycles. The van der Waals surface area contributed by atoms with Gasteiger partial charge in [0.1, 0.15) is 0 Å². The molecule has 4 aliphatic rings. The molecule has 0 bridgehead atoms. The second-order valence-electron chi connectivity index (χ2n) is 24.8. The topological polar surface area (TPSA) is 40.6 Å². The molecule has 0 saturated heterocycles. The van der Waals surface area contributed by atoms with Gasteiger partial charge in [-0.2, -0.15) is 0 Å². The summed E-state index contributed by atoms with van der Waals surface area (Å²) in [5, 5.41) is 0. The van der Waals surface area contributed by atoms with E-state index in [2.05, 4.69) is 84.1 Å². The van der Waals surface area contributed by atoms with E-state index < -0.39 is 0 Å². The molecule has 0 aromatic carbocycles. The number of fused-ring (bicyclic) bond motifs is 11. The highest BCUT2D eigenvalue weighted by Crippen LogP contribution is 2.59. The molecule has 2 unspecified atom stereocenters. The van der Waals surface area contributed by atoms with Crippen LogP contribution in [0, 0.1) is 11.8 Å². The summed E-state index contributed by atoms with van der Waals surface area (Å²) in [5.41, 5.74) is 8.07. The third kappa shape index (κ3) is 17.2. The maximum atomic E-state index is 15.6. The first-order valence-corrected chi connectivity index (χ1v) is 38.1. The standard InChI is InChI=1S/C70H102Br2N2O2S4/c1-5-9-13-17-21-25-27-31-35-39-43-51(41-37-33-29-23-19-15-11-7-3)45-53-49-73-63(67-59(53)65-55(77-67)47-57(71)79-65)61-62(69(73)75)64-68-60(66-56(78-68)48-58(72)80-66)54(50-74(64)70(61)76)46-52(42-38-34-30-24-20-16-12-8-4)44-40-36-32-28-26-22-18-14-10-6-2/h47-52H,5-46H2,1-4H3. The van der Waals surface area contributed by atoms with Gasteiger partial charge in [-0.3, -0.25) is 19.4 Å². The molecular weight excluding hydrogens is 1190 g/mol. The largest absolute Gasteiger partial charge is 0.281 e. The molecule has 0 radical (unpaired) electrons. The van der Waals surface area contributed by atoms with Gasteiger partial charge in [0.25, 0.3) is 11.8 Å². The Bertz CT molecular complexity index is 2530. The predicted molar refractivity (Wildman–Crippen MR) is 362 cm³/mol. The normalized spacial score (nSPS) is 15.7. The van der Waals surface area contributed by atoms with E-state index in [1.807, 2.05) is 32.5 Å². The smallest absolute Gasteiger partial charge is 0.265 e. The molecule has 0 fully saturated rings. The Morgan fingerprint density at radius 2 is 0.637 bits per heavy atom. The Balaban J connectivity index is 1.04. The van der Waals surface area contributed by atoms with E-state index >= 15 is 9.59 Å². The average Bonchev–Trinajstić information content (AvgIpc) is 4.44. The number of hydrogen-bond donors (Lipinski definition) is 0. The zero-order valence-electron chi connectivity index (χ0n) is 50.3. The molecule has 0 N–H and O–H groups in total. The lowest BCUT2D eigenvalue weighted by molar-refractivity contribution is -0.122. The van der Waals surface area contributed by atoms with Crippen LogP contribution in [0.25, 0.3) is 41.3 Å². The van der Waals surface area contributed by atoms with Gasteiger partial charge < -0.3 is 0 Å². The molecule has 2 amide bonds. The summed E-state index contributed by atoms with van der Waals surface area (Å²) < 4.78 is 7.38. The Hall–Kier alpha value is -1.82. The number of rotatable bonds is 44. The van der Waals surface area contributed by atoms with Crippen molar-refractivity contribution in [3.05, 3.63) is 64.1 Å². The minimum absolute atomic E-state index is 0.0227. The Kier molecular flexibility index (Phi) is 27.6. The summed E-state index contributed by atoms with van der Waals surface area (Å²) in [6, 6.07) is 4.54. The summed E-state index contributed by atoms with van der Waals surface area (Å²) in [6.45, 7) is 9.23. The van der Waals surface area contributed by atoms with Crippen molar-refractivity contribution >= 4 is 130 Å². The van der Waals surface area contributed by atoms with Crippen LogP contribution in [0.15, 0.2) is 43.3 Å². The van der Waals surface area contributed by atoms with Gasteiger partial charge in [0, 0.05) is 32.9 Å². The second-order valence-corrected chi connectivity index (χ2v) is 31.8. The highest BCUT2D eigenvalue weighted by Gasteiger charge is 2.52. The number of carbonyl (C=O) groups excluding carboxylic acids is 2. The SMILES string of the molecule is CCCCCCCCCCCCC(CCCCCCCCCC)CC1=CN2C(=O)C3=C4c5sc6cc(Br)sc6c5C(CC(CCCCCCCCCC)CCCCCCCCCCCC)=CN4C(=O)C3=C2c2sc3cc(Br)sc3c21. The molecule has 8 heterocycles. The minimum Gasteiger partial charge on any atom is -0.281 e. The van der Waals surface area contributed by atoms with Crippen LogP contribution in [-0.4, -0.2) is 21.6 Å². The Labute approximate surface area is 518 Å². The summed E-state index contributed by atoms with van der Waals surface area (Å²) in [4.78, 5) is 37.2. The molecule has 4 aromatic heterocycles. The zero-order valence-corrected chi connectivity index (χ0v) is 56.7. The lowest BCUT2D eigenvalue weighted by Gasteiger charge is -2.30. The number of hydrogen-bond acceptors (Lipinski definition) is 6. The third-order valence-electron chi connectivity index (χ3n) is 18.3. The van der Waals surface area contributed by atoms with Gasteiger partial charge in [0.2, 0.25) is 0 Å². The number of carbonyl (C=O) groups is 2. The van der Waals surface area contributed by atoms with Crippen molar-refractivity contribution in [2.75, 3.05) is 0 Å². The maximum Gasteiger partial charge on any atom is 0.265 e. The Morgan fingerprint density at radius 1 is 0.375 bits per heavy atom. The van der Waals surface area contributed by atoms with Crippen molar-refractivity contribution in [2.45, 2.75) is 297 Å². The van der Waals surface area contributed by atoms with Crippen LogP contribution >= 0.6 is 77.2 Å². The summed E-state index contributed by atoms with van der Waals surface area (Å²) >= 11 is 15.0. The molecule has 4 nitrogen and oxygen atoms in total. The fourth-order valence-corrected chi connectivity index (χ4v) is 20.4. The van der Waals surface area contributed by atoms with Crippen LogP contribution in [0.2, 0.25) is 0 Å². The van der Waals surface area contributed by atoms with E-state index in [4.69, 9.17) is 0 Å². The molecule has 80 heavy (non-hydrogen) atoms. The molecule has 0 spiro atoms. The van der Waals surface area contributed by atoms with Gasteiger partial charge in [-0.25, -0.2) is 0 Å². The molecular formula is C70H102Br2N2O2S4. The number of nitrogens with zero attached hydrogens (tertiary/aromatic N) is 2. The molecule has 2 atom stereocenters. The molecule has 442 valence electrons. The summed E-state index contributed by atoms with van der Waals surface area (Å²) in [7, 11) is 0. The van der Waals surface area contributed by atoms with E-state index in [1.54, 1.807) is 22.7 Å². The van der Waals surface area contributed by atoms with Crippen molar-refractivity contribution in [3.63, 3.8) is 0 Å². The van der Waals surface area contributed by atoms with Crippen LogP contribution in [0.3, 0.4) is 0 Å². The molecule has 10 heteroatoms. The van der Waals surface area contributed by atoms with Crippen molar-refractivity contribution in [1.82, 2.24) is 9.80 Å². The van der Waals surface area contributed by atoms with Crippen molar-refractivity contribution in [3.8, 4) is 0 Å². The van der Waals surface area contributed by atoms with E-state index in [9.17, 15) is 0 Å². The van der Waals surface area contributed by atoms with E-state index in [1.165, 1.54) is 298 Å². The van der Waals surface area contributed by atoms with Crippen LogP contribution in [0.5, 0.6) is 0 Å². The van der Waals surface area contributed by atoms with E-state index in [-0.39, 0.29) is 11.8 Å². The van der Waals surface area contributed by atoms with E-state index in [0.29, 0.717) is 23.0 Å². The zero-order chi connectivity index (χ0) is 56.1. The maximum absolute atomic E-state index is 15.6. The van der Waals surface area contributed by atoms with Gasteiger partial charge in [-0.15, -0.1) is 45.3 Å². The second kappa shape index (κ2) is 34.4. The average molecular weight is 1290 g/mol. The fraction of sp³-hybridized carbons (Fsp3) is 0.686. The minimum atomic E-state index is -0.0227. The summed E-state index contributed by atoms with van der Waals surface area (Å²) in [5.74, 6) is 1.09. The van der Waals surface area contributed by atoms with E-state index in [0.717, 1.165) is 41.6 Å². The molecule has 0 aliphatic carbocycles. The van der Waals surface area contributed by atoms with Crippen LogP contribution in [0.1, 0.15) is 318 Å². The lowest BCUT2D eigenvalue weighted by atomic mass is 9.85. The highest BCUT2D eigenvalue weighted by molar-refractivity contribution is 9.11. The lowest BCUT2D eigenvalue weighted by Crippen LogP contribution is -2.27. The van der Waals surface area contributed by atoms with Gasteiger partial charge in [-0.05, 0) is 79.8 Å². The molecule has 4 aromatic rings. The Morgan fingerprint density at radius 3 is 0.912 bits per heavy atom. The molecule has 8 rings (SSSR count). The number of thiophene rings is 4. The number of allylic oxidation sites excluding steroid dienone is 2. The van der Waals surface area contributed by atoms with Gasteiger partial charge in [-0.1, -0.05) is 285 Å². The van der Waals surface area contributed by atoms with Gasteiger partial charge in [0.05, 0.1) is 49.3 Å². The van der Waals surface area contributed by atoms with Gasteiger partial charge >= 0.3 is 0 Å². The summed E-state index contributed by atoms with van der Waals surface area (Å²) in [6.07, 6.45) is 59.9. The van der Waals surface area contributed by atoms with Crippen molar-refractivity contribution in [2.24, 2.45) is 11.8 Å². The molecule has 0 saturated carbocycles. The van der Waals surface area contributed by atoms with Gasteiger partial charge in [0.15, 0.2) is 0 Å². The monoisotopic (exact) mass is 1290 g/mol. The van der Waals surface area contributed by atoms with Crippen LogP contribution in [0.4, 0.5) is 0 Å². The predicted octanol–water partition coefficient (Wildman–Crippen LogP) is 26.0. The van der Waals surface area contributed by atoms with Crippen molar-refractivity contribution in [1.29, 1.82) is 0 Å². The first kappa shape index (κ1) is 64.2. The highest BCUT2D eigenvalue weighted by atomic mass is 79.9. The number of unbranched alkanes of at least 4 members (excludes halogenated alkanes) is 32. The quantitative estimate of drug-likeness (QED) is 0.0414. The fourth-order valence-electron chi connectivity index (χ4n) is 13.7. The van der Waals surface area contributed by atoms with Crippen LogP contribution in [-0.2, 0) is 9.59 Å². The number of halogens is 2. The number of amides is 2. The first-order chi connectivity index (χ1) is 39.3.